The molecule has 3 N–H and O–H groups in total. The highest BCUT2D eigenvalue weighted by Gasteiger charge is 2.36. The van der Waals surface area contributed by atoms with E-state index in [2.05, 4.69) is 4.98 Å². The molecule has 26 heavy (non-hydrogen) atoms. The average Bonchev–Trinajstić information content (AvgIpc) is 2.94. The minimum Gasteiger partial charge on any atom is -0.461 e. The van der Waals surface area contributed by atoms with Crippen molar-refractivity contribution in [1.29, 1.82) is 0 Å². The summed E-state index contributed by atoms with van der Waals surface area (Å²) in [5.41, 5.74) is 0.277. The van der Waals surface area contributed by atoms with Gasteiger partial charge in [-0.1, -0.05) is 11.6 Å². The van der Waals surface area contributed by atoms with Crippen molar-refractivity contribution in [3.63, 3.8) is 0 Å². The summed E-state index contributed by atoms with van der Waals surface area (Å²) < 4.78 is 52.0. The zero-order valence-corrected chi connectivity index (χ0v) is 16.3. The summed E-state index contributed by atoms with van der Waals surface area (Å²) in [5, 5.41) is 0.619. The van der Waals surface area contributed by atoms with Gasteiger partial charge in [-0.15, -0.1) is 0 Å². The molecule has 1 aromatic carbocycles. The Kier molecular flexibility index (Phi) is 5.26. The molecule has 1 fully saturated rings. The van der Waals surface area contributed by atoms with Crippen LogP contribution < -0.4 is 0 Å². The van der Waals surface area contributed by atoms with Crippen LogP contribution in [0.5, 0.6) is 0 Å². The first kappa shape index (κ1) is 19.5. The zero-order valence-electron chi connectivity index (χ0n) is 13.9. The molecule has 8 nitrogen and oxygen atoms in total. The number of nitrogens with one attached hydrogen (secondary N) is 1. The molecule has 1 saturated heterocycles. The van der Waals surface area contributed by atoms with Crippen LogP contribution in [0.3, 0.4) is 0 Å². The number of ether oxygens (including phenoxy) is 1. The van der Waals surface area contributed by atoms with E-state index in [-0.39, 0.29) is 47.2 Å². The van der Waals surface area contributed by atoms with Crippen LogP contribution in [-0.2, 0) is 14.8 Å². The number of H-pyrrole nitrogens is 1. The maximum atomic E-state index is 13.2. The van der Waals surface area contributed by atoms with Gasteiger partial charge >= 0.3 is 5.97 Å². The molecule has 1 aromatic heterocycles. The highest BCUT2D eigenvalue weighted by molar-refractivity contribution is 8.24. The Hall–Kier alpha value is -1.30. The van der Waals surface area contributed by atoms with Crippen molar-refractivity contribution in [3.8, 4) is 0 Å². The van der Waals surface area contributed by atoms with Crippen LogP contribution in [0.4, 0.5) is 0 Å². The lowest BCUT2D eigenvalue weighted by Gasteiger charge is -2.40. The number of hydrogen-bond donors (Lipinski definition) is 3. The number of benzene rings is 1. The predicted molar refractivity (Wildman–Crippen MR) is 101 cm³/mol. The molecule has 11 heteroatoms. The topological polar surface area (TPSA) is 120 Å². The molecule has 1 aliphatic heterocycles. The van der Waals surface area contributed by atoms with Crippen molar-refractivity contribution >= 4 is 49.1 Å². The van der Waals surface area contributed by atoms with E-state index in [0.29, 0.717) is 10.5 Å². The van der Waals surface area contributed by atoms with Crippen LogP contribution in [-0.4, -0.2) is 64.0 Å². The molecule has 0 unspecified atom stereocenters. The SMILES string of the molecule is CCOC(=O)c1[nH]c2ccc(Cl)cc2c1S(=O)(=O)N1CCS(O)(O)CC1. The number of aromatic nitrogens is 1. The molecule has 2 aromatic rings. The van der Waals surface area contributed by atoms with Gasteiger partial charge in [0.2, 0.25) is 10.0 Å². The molecule has 2 heterocycles. The number of carbonyl (C=O) groups excluding carboxylic acids is 1. The van der Waals surface area contributed by atoms with Crippen LogP contribution in [0.15, 0.2) is 23.1 Å². The predicted octanol–water partition coefficient (Wildman–Crippen LogP) is 2.75. The minimum atomic E-state index is -4.07. The maximum absolute atomic E-state index is 13.2. The Morgan fingerprint density at radius 2 is 2.00 bits per heavy atom. The number of aromatic amines is 1. The summed E-state index contributed by atoms with van der Waals surface area (Å²) in [6.07, 6.45) is 0. The standard InChI is InChI=1S/C15H19ClN2O6S2/c1-2-24-15(19)13-14(11-9-10(16)3-4-12(11)17-13)26(22,23)18-5-7-25(20,21)8-6-18/h3-4,9,17,20-21H,2,5-8H2,1H3. The van der Waals surface area contributed by atoms with Gasteiger partial charge in [0, 0.05) is 29.0 Å². The Morgan fingerprint density at radius 1 is 1.35 bits per heavy atom. The molecule has 0 bridgehead atoms. The summed E-state index contributed by atoms with van der Waals surface area (Å²) >= 11 is 6.01. The number of hydrogen-bond acceptors (Lipinski definition) is 6. The molecule has 0 aliphatic carbocycles. The molecule has 0 atom stereocenters. The molecule has 3 rings (SSSR count). The van der Waals surface area contributed by atoms with E-state index in [1.807, 2.05) is 0 Å². The summed E-state index contributed by atoms with van der Waals surface area (Å²) in [5.74, 6) is -0.853. The smallest absolute Gasteiger partial charge is 0.356 e. The van der Waals surface area contributed by atoms with Crippen molar-refractivity contribution < 1.29 is 27.1 Å². The number of nitrogens with zero attached hydrogens (tertiary/aromatic N) is 1. The molecule has 0 saturated carbocycles. The van der Waals surface area contributed by atoms with Crippen molar-refractivity contribution in [3.05, 3.63) is 28.9 Å². The largest absolute Gasteiger partial charge is 0.461 e. The fourth-order valence-electron chi connectivity index (χ4n) is 2.83. The first-order valence-electron chi connectivity index (χ1n) is 7.88. The fraction of sp³-hybridized carbons (Fsp3) is 0.400. The fourth-order valence-corrected chi connectivity index (χ4v) is 6.23. The number of halogens is 1. The van der Waals surface area contributed by atoms with E-state index in [0.717, 1.165) is 4.31 Å². The van der Waals surface area contributed by atoms with E-state index < -0.39 is 26.6 Å². The van der Waals surface area contributed by atoms with Gasteiger partial charge in [0.05, 0.1) is 18.1 Å². The summed E-state index contributed by atoms with van der Waals surface area (Å²) in [6.45, 7) is 1.64. The van der Waals surface area contributed by atoms with E-state index in [9.17, 15) is 22.3 Å². The van der Waals surface area contributed by atoms with E-state index in [1.165, 1.54) is 6.07 Å². The van der Waals surface area contributed by atoms with E-state index in [4.69, 9.17) is 16.3 Å². The lowest BCUT2D eigenvalue weighted by molar-refractivity contribution is 0.0516. The highest BCUT2D eigenvalue weighted by Crippen LogP contribution is 2.42. The third kappa shape index (κ3) is 3.57. The molecule has 0 amide bonds. The third-order valence-corrected chi connectivity index (χ3v) is 8.02. The van der Waals surface area contributed by atoms with Gasteiger partial charge in [-0.2, -0.15) is 14.9 Å². The molecule has 144 valence electrons. The van der Waals surface area contributed by atoms with Crippen molar-refractivity contribution in [2.45, 2.75) is 11.8 Å². The second kappa shape index (κ2) is 7.02. The number of carbonyl (C=O) groups is 1. The summed E-state index contributed by atoms with van der Waals surface area (Å²) in [7, 11) is -6.83. The number of rotatable bonds is 4. The molecular formula is C15H19ClN2O6S2. The van der Waals surface area contributed by atoms with Gasteiger partial charge < -0.3 is 9.72 Å². The monoisotopic (exact) mass is 422 g/mol. The van der Waals surface area contributed by atoms with Crippen molar-refractivity contribution in [2.75, 3.05) is 31.2 Å². The molecular weight excluding hydrogens is 404 g/mol. The van der Waals surface area contributed by atoms with Crippen LogP contribution in [0, 0.1) is 0 Å². The van der Waals surface area contributed by atoms with Crippen LogP contribution in [0.2, 0.25) is 5.02 Å². The van der Waals surface area contributed by atoms with E-state index >= 15 is 0 Å². The van der Waals surface area contributed by atoms with Gasteiger partial charge in [0.25, 0.3) is 0 Å². The second-order valence-corrected chi connectivity index (χ2v) is 10.6. The van der Waals surface area contributed by atoms with Crippen LogP contribution in [0.1, 0.15) is 17.4 Å². The Labute approximate surface area is 157 Å². The molecule has 0 radical (unpaired) electrons. The number of sulfonamides is 1. The Balaban J connectivity index is 2.14. The number of fused-ring (bicyclic) bond motifs is 1. The van der Waals surface area contributed by atoms with Gasteiger partial charge in [-0.3, -0.25) is 9.11 Å². The lowest BCUT2D eigenvalue weighted by Crippen LogP contribution is -2.42. The Morgan fingerprint density at radius 3 is 2.62 bits per heavy atom. The number of esters is 1. The zero-order chi connectivity index (χ0) is 19.1. The Bertz CT molecular complexity index is 946. The highest BCUT2D eigenvalue weighted by atomic mass is 35.5. The third-order valence-electron chi connectivity index (χ3n) is 4.13. The minimum absolute atomic E-state index is 0.0376. The second-order valence-electron chi connectivity index (χ2n) is 5.85. The van der Waals surface area contributed by atoms with Crippen molar-refractivity contribution in [1.82, 2.24) is 9.29 Å². The quantitative estimate of drug-likeness (QED) is 0.651. The van der Waals surface area contributed by atoms with Crippen LogP contribution in [0.25, 0.3) is 10.9 Å². The van der Waals surface area contributed by atoms with Gasteiger partial charge in [0.15, 0.2) is 0 Å². The van der Waals surface area contributed by atoms with Gasteiger partial charge in [-0.05, 0) is 25.1 Å². The van der Waals surface area contributed by atoms with E-state index in [1.54, 1.807) is 19.1 Å². The van der Waals surface area contributed by atoms with Crippen molar-refractivity contribution in [2.24, 2.45) is 0 Å². The first-order chi connectivity index (χ1) is 12.2. The lowest BCUT2D eigenvalue weighted by atomic mass is 10.2. The molecule has 1 aliphatic rings. The summed E-state index contributed by atoms with van der Waals surface area (Å²) in [4.78, 5) is 14.9. The normalized spacial score (nSPS) is 19.4. The van der Waals surface area contributed by atoms with Gasteiger partial charge in [0.1, 0.15) is 10.6 Å². The molecule has 0 spiro atoms. The van der Waals surface area contributed by atoms with Gasteiger partial charge in [-0.25, -0.2) is 13.2 Å². The maximum Gasteiger partial charge on any atom is 0.356 e. The first-order valence-corrected chi connectivity index (χ1v) is 11.6. The van der Waals surface area contributed by atoms with Crippen LogP contribution >= 0.6 is 22.2 Å². The average molecular weight is 423 g/mol. The summed E-state index contributed by atoms with van der Waals surface area (Å²) in [6, 6.07) is 4.65.